The van der Waals surface area contributed by atoms with Gasteiger partial charge in [0, 0.05) is 18.4 Å². The predicted molar refractivity (Wildman–Crippen MR) is 71.1 cm³/mol. The van der Waals surface area contributed by atoms with E-state index in [-0.39, 0.29) is 11.5 Å². The van der Waals surface area contributed by atoms with Crippen molar-refractivity contribution in [3.05, 3.63) is 35.1 Å². The van der Waals surface area contributed by atoms with Crippen LogP contribution < -0.4 is 0 Å². The van der Waals surface area contributed by atoms with Gasteiger partial charge >= 0.3 is 0 Å². The molecule has 0 spiro atoms. The van der Waals surface area contributed by atoms with Crippen molar-refractivity contribution in [1.29, 1.82) is 0 Å². The molecule has 0 aliphatic rings. The van der Waals surface area contributed by atoms with Crippen LogP contribution >= 0.6 is 15.9 Å². The van der Waals surface area contributed by atoms with E-state index in [0.717, 1.165) is 12.0 Å². The number of halogens is 2. The van der Waals surface area contributed by atoms with Gasteiger partial charge in [-0.05, 0) is 31.0 Å². The third-order valence-electron chi connectivity index (χ3n) is 2.49. The first kappa shape index (κ1) is 14.2. The lowest BCUT2D eigenvalue weighted by molar-refractivity contribution is 0.0762. The van der Waals surface area contributed by atoms with Crippen LogP contribution in [-0.4, -0.2) is 29.2 Å². The number of carbonyl (C=O) groups excluding carboxylic acids is 1. The van der Waals surface area contributed by atoms with Crippen molar-refractivity contribution in [2.24, 2.45) is 0 Å². The highest BCUT2D eigenvalue weighted by atomic mass is 79.9. The first-order chi connectivity index (χ1) is 8.10. The predicted octanol–water partition coefficient (Wildman–Crippen LogP) is 3.38. The number of carbonyl (C=O) groups is 1. The molecule has 0 bridgehead atoms. The Bertz CT molecular complexity index is 389. The molecule has 0 heterocycles. The van der Waals surface area contributed by atoms with Gasteiger partial charge < -0.3 is 4.90 Å². The number of hydrogen-bond acceptors (Lipinski definition) is 1. The third kappa shape index (κ3) is 3.80. The Morgan fingerprint density at radius 3 is 2.65 bits per heavy atom. The minimum Gasteiger partial charge on any atom is -0.338 e. The van der Waals surface area contributed by atoms with Crippen LogP contribution in [0.3, 0.4) is 0 Å². The second-order valence-corrected chi connectivity index (χ2v) is 4.76. The van der Waals surface area contributed by atoms with E-state index in [1.165, 1.54) is 6.07 Å². The topological polar surface area (TPSA) is 20.3 Å². The average Bonchev–Trinajstić information content (AvgIpc) is 2.28. The Morgan fingerprint density at radius 2 is 2.12 bits per heavy atom. The highest BCUT2D eigenvalue weighted by Crippen LogP contribution is 2.13. The van der Waals surface area contributed by atoms with Crippen LogP contribution in [0.15, 0.2) is 18.2 Å². The fourth-order valence-corrected chi connectivity index (χ4v) is 2.08. The summed E-state index contributed by atoms with van der Waals surface area (Å²) in [6.07, 6.45) is 0.867. The molecule has 0 aliphatic heterocycles. The minimum absolute atomic E-state index is 0.157. The molecule has 0 N–H and O–H groups in total. The maximum Gasteiger partial charge on any atom is 0.256 e. The molecule has 0 unspecified atom stereocenters. The fraction of sp³-hybridized carbons (Fsp3) is 0.462. The molecule has 1 aromatic carbocycles. The van der Waals surface area contributed by atoms with E-state index in [4.69, 9.17) is 0 Å². The number of alkyl halides is 1. The first-order valence-corrected chi connectivity index (χ1v) is 6.83. The van der Waals surface area contributed by atoms with Gasteiger partial charge in [0.25, 0.3) is 5.91 Å². The second-order valence-electron chi connectivity index (χ2n) is 3.96. The summed E-state index contributed by atoms with van der Waals surface area (Å²) in [6, 6.07) is 4.71. The Hall–Kier alpha value is -0.900. The zero-order chi connectivity index (χ0) is 12.8. The lowest BCUT2D eigenvalue weighted by atomic mass is 10.1. The maximum atomic E-state index is 13.7. The van der Waals surface area contributed by atoms with Gasteiger partial charge in [0.05, 0.1) is 5.56 Å². The summed E-state index contributed by atoms with van der Waals surface area (Å²) in [5.74, 6) is -0.672. The van der Waals surface area contributed by atoms with Crippen LogP contribution in [0.1, 0.15) is 29.3 Å². The quantitative estimate of drug-likeness (QED) is 0.764. The van der Waals surface area contributed by atoms with Crippen molar-refractivity contribution in [3.8, 4) is 0 Å². The first-order valence-electron chi connectivity index (χ1n) is 5.71. The summed E-state index contributed by atoms with van der Waals surface area (Å²) in [4.78, 5) is 13.8. The molecule has 0 fully saturated rings. The molecule has 0 aliphatic carbocycles. The summed E-state index contributed by atoms with van der Waals surface area (Å²) in [6.45, 7) is 5.05. The molecule has 1 rings (SSSR count). The van der Waals surface area contributed by atoms with Crippen molar-refractivity contribution in [1.82, 2.24) is 4.90 Å². The molecule has 0 saturated heterocycles. The van der Waals surface area contributed by atoms with Gasteiger partial charge in [-0.2, -0.15) is 0 Å². The summed E-state index contributed by atoms with van der Waals surface area (Å²) in [5.41, 5.74) is 0.978. The summed E-state index contributed by atoms with van der Waals surface area (Å²) < 4.78 is 13.7. The number of amides is 1. The molecule has 17 heavy (non-hydrogen) atoms. The van der Waals surface area contributed by atoms with E-state index in [2.05, 4.69) is 15.9 Å². The van der Waals surface area contributed by atoms with Gasteiger partial charge in [0.2, 0.25) is 0 Å². The Morgan fingerprint density at radius 1 is 1.41 bits per heavy atom. The number of aryl methyl sites for hydroxylation is 1. The van der Waals surface area contributed by atoms with Crippen LogP contribution in [-0.2, 0) is 0 Å². The van der Waals surface area contributed by atoms with Crippen molar-refractivity contribution >= 4 is 21.8 Å². The van der Waals surface area contributed by atoms with E-state index in [1.54, 1.807) is 24.0 Å². The van der Waals surface area contributed by atoms with Crippen LogP contribution in [0.25, 0.3) is 0 Å². The van der Waals surface area contributed by atoms with Gasteiger partial charge in [0.1, 0.15) is 5.82 Å². The number of benzene rings is 1. The summed E-state index contributed by atoms with van der Waals surface area (Å²) in [7, 11) is 0. The van der Waals surface area contributed by atoms with Crippen molar-refractivity contribution in [2.45, 2.75) is 20.3 Å². The zero-order valence-electron chi connectivity index (χ0n) is 10.2. The molecule has 0 atom stereocenters. The SMILES string of the molecule is CCCN(CCBr)C(=O)c1ccc(C)cc1F. The van der Waals surface area contributed by atoms with E-state index in [1.807, 2.05) is 6.92 Å². The van der Waals surface area contributed by atoms with Gasteiger partial charge in [-0.25, -0.2) is 4.39 Å². The van der Waals surface area contributed by atoms with Gasteiger partial charge in [-0.3, -0.25) is 4.79 Å². The monoisotopic (exact) mass is 301 g/mol. The second kappa shape index (κ2) is 6.74. The number of nitrogens with zero attached hydrogens (tertiary/aromatic N) is 1. The molecule has 0 saturated carbocycles. The zero-order valence-corrected chi connectivity index (χ0v) is 11.8. The Kier molecular flexibility index (Phi) is 5.62. The largest absolute Gasteiger partial charge is 0.338 e. The molecule has 94 valence electrons. The van der Waals surface area contributed by atoms with Crippen LogP contribution in [0.2, 0.25) is 0 Å². The molecule has 2 nitrogen and oxygen atoms in total. The van der Waals surface area contributed by atoms with Crippen molar-refractivity contribution in [3.63, 3.8) is 0 Å². The van der Waals surface area contributed by atoms with E-state index in [0.29, 0.717) is 18.4 Å². The average molecular weight is 302 g/mol. The standard InChI is InChI=1S/C13H17BrFNO/c1-3-7-16(8-6-14)13(17)11-5-4-10(2)9-12(11)15/h4-5,9H,3,6-8H2,1-2H3. The number of hydrogen-bond donors (Lipinski definition) is 0. The molecule has 0 aromatic heterocycles. The normalized spacial score (nSPS) is 10.4. The molecule has 1 aromatic rings. The Labute approximate surface area is 110 Å². The van der Waals surface area contributed by atoms with E-state index in [9.17, 15) is 9.18 Å². The fourth-order valence-electron chi connectivity index (χ4n) is 1.65. The van der Waals surface area contributed by atoms with Crippen molar-refractivity contribution in [2.75, 3.05) is 18.4 Å². The molecule has 4 heteroatoms. The molecule has 0 radical (unpaired) electrons. The van der Waals surface area contributed by atoms with Gasteiger partial charge in [-0.15, -0.1) is 0 Å². The Balaban J connectivity index is 2.92. The van der Waals surface area contributed by atoms with Crippen LogP contribution in [0.5, 0.6) is 0 Å². The highest BCUT2D eigenvalue weighted by Gasteiger charge is 2.17. The smallest absolute Gasteiger partial charge is 0.256 e. The molecular formula is C13H17BrFNO. The lowest BCUT2D eigenvalue weighted by Crippen LogP contribution is -2.34. The van der Waals surface area contributed by atoms with Crippen molar-refractivity contribution < 1.29 is 9.18 Å². The minimum atomic E-state index is -0.439. The third-order valence-corrected chi connectivity index (χ3v) is 2.84. The van der Waals surface area contributed by atoms with E-state index < -0.39 is 5.82 Å². The molecule has 1 amide bonds. The van der Waals surface area contributed by atoms with E-state index >= 15 is 0 Å². The number of rotatable bonds is 5. The van der Waals surface area contributed by atoms with Gasteiger partial charge in [-0.1, -0.05) is 28.9 Å². The summed E-state index contributed by atoms with van der Waals surface area (Å²) >= 11 is 3.30. The maximum absolute atomic E-state index is 13.7. The molecular weight excluding hydrogens is 285 g/mol. The summed E-state index contributed by atoms with van der Waals surface area (Å²) in [5, 5.41) is 0.701. The lowest BCUT2D eigenvalue weighted by Gasteiger charge is -2.21. The van der Waals surface area contributed by atoms with Crippen LogP contribution in [0.4, 0.5) is 4.39 Å². The van der Waals surface area contributed by atoms with Crippen LogP contribution in [0, 0.1) is 12.7 Å². The highest BCUT2D eigenvalue weighted by molar-refractivity contribution is 9.09. The van der Waals surface area contributed by atoms with Gasteiger partial charge in [0.15, 0.2) is 0 Å².